The van der Waals surface area contributed by atoms with Crippen molar-refractivity contribution >= 4 is 17.8 Å². The highest BCUT2D eigenvalue weighted by Gasteiger charge is 2.50. The van der Waals surface area contributed by atoms with E-state index in [4.69, 9.17) is 14.2 Å². The zero-order valence-corrected chi connectivity index (χ0v) is 14.8. The van der Waals surface area contributed by atoms with Gasteiger partial charge in [0.15, 0.2) is 18.5 Å². The van der Waals surface area contributed by atoms with Crippen molar-refractivity contribution in [1.82, 2.24) is 5.32 Å². The van der Waals surface area contributed by atoms with Crippen molar-refractivity contribution in [3.05, 3.63) is 0 Å². The Bertz CT molecular complexity index is 469. The number of esters is 2. The predicted octanol–water partition coefficient (Wildman–Crippen LogP) is -0.376. The minimum absolute atomic E-state index is 0.125. The zero-order chi connectivity index (χ0) is 19.0. The van der Waals surface area contributed by atoms with Crippen LogP contribution in [-0.2, 0) is 28.6 Å². The molecule has 0 aromatic heterocycles. The number of carbonyl (C=O) groups excluding carboxylic acids is 3. The lowest BCUT2D eigenvalue weighted by atomic mass is 9.96. The molecule has 5 atom stereocenters. The summed E-state index contributed by atoms with van der Waals surface area (Å²) in [6.07, 6.45) is -3.58. The van der Waals surface area contributed by atoms with Crippen LogP contribution in [0.15, 0.2) is 0 Å². The molecule has 1 aliphatic heterocycles. The smallest absolute Gasteiger partial charge is 0.306 e. The number of carbonyl (C=O) groups is 3. The maximum absolute atomic E-state index is 11.9. The second-order valence-electron chi connectivity index (χ2n) is 5.88. The number of rotatable bonds is 8. The Labute approximate surface area is 146 Å². The van der Waals surface area contributed by atoms with Gasteiger partial charge in [-0.15, -0.1) is 0 Å². The largest absolute Gasteiger partial charge is 0.456 e. The molecule has 3 unspecified atom stereocenters. The molecule has 3 N–H and O–H groups in total. The SMILES string of the molecule is CCCC(=O)O[C@@H]1C(CO)OC(O)C(NC(C)=O)[C@H]1OC(=O)CCC. The van der Waals surface area contributed by atoms with Crippen LogP contribution in [0, 0.1) is 0 Å². The highest BCUT2D eigenvalue weighted by atomic mass is 16.7. The first-order valence-corrected chi connectivity index (χ1v) is 8.44. The van der Waals surface area contributed by atoms with Crippen molar-refractivity contribution in [2.45, 2.75) is 77.1 Å². The Morgan fingerprint density at radius 2 is 1.56 bits per heavy atom. The number of nitrogens with one attached hydrogen (secondary N) is 1. The maximum Gasteiger partial charge on any atom is 0.306 e. The summed E-state index contributed by atoms with van der Waals surface area (Å²) in [5, 5.41) is 22.0. The number of amides is 1. The molecule has 1 heterocycles. The molecule has 9 heteroatoms. The third kappa shape index (κ3) is 6.26. The molecule has 0 spiro atoms. The Morgan fingerprint density at radius 1 is 1.04 bits per heavy atom. The van der Waals surface area contributed by atoms with Crippen molar-refractivity contribution in [3.63, 3.8) is 0 Å². The zero-order valence-electron chi connectivity index (χ0n) is 14.8. The molecule has 1 aliphatic rings. The van der Waals surface area contributed by atoms with E-state index in [1.54, 1.807) is 13.8 Å². The lowest BCUT2D eigenvalue weighted by molar-refractivity contribution is -0.264. The first kappa shape index (κ1) is 21.3. The fourth-order valence-corrected chi connectivity index (χ4v) is 2.57. The molecule has 9 nitrogen and oxygen atoms in total. The van der Waals surface area contributed by atoms with E-state index >= 15 is 0 Å². The molecule has 0 aromatic carbocycles. The molecular formula is C16H27NO8. The Morgan fingerprint density at radius 3 is 2.00 bits per heavy atom. The van der Waals surface area contributed by atoms with Gasteiger partial charge in [-0.05, 0) is 12.8 Å². The van der Waals surface area contributed by atoms with Crippen LogP contribution in [0.1, 0.15) is 46.5 Å². The number of hydrogen-bond acceptors (Lipinski definition) is 8. The van der Waals surface area contributed by atoms with Gasteiger partial charge in [-0.2, -0.15) is 0 Å². The van der Waals surface area contributed by atoms with Crippen molar-refractivity contribution < 1.29 is 38.8 Å². The number of aliphatic hydroxyl groups is 2. The van der Waals surface area contributed by atoms with E-state index in [-0.39, 0.29) is 12.8 Å². The van der Waals surface area contributed by atoms with E-state index in [1.165, 1.54) is 6.92 Å². The summed E-state index contributed by atoms with van der Waals surface area (Å²) >= 11 is 0. The van der Waals surface area contributed by atoms with Gasteiger partial charge in [0, 0.05) is 19.8 Å². The van der Waals surface area contributed by atoms with Crippen molar-refractivity contribution in [3.8, 4) is 0 Å². The summed E-state index contributed by atoms with van der Waals surface area (Å²) in [5.41, 5.74) is 0. The standard InChI is InChI=1S/C16H27NO8/c1-4-6-11(20)24-14-10(8-18)23-16(22)13(17-9(3)19)15(14)25-12(21)7-5-2/h10,13-16,18,22H,4-8H2,1-3H3,(H,17,19)/t10?,13?,14-,15-,16?/m1/s1. The average molecular weight is 361 g/mol. The van der Waals surface area contributed by atoms with Gasteiger partial charge in [-0.3, -0.25) is 14.4 Å². The van der Waals surface area contributed by atoms with Crippen LogP contribution in [-0.4, -0.2) is 65.3 Å². The third-order valence-corrected chi connectivity index (χ3v) is 3.66. The Hall–Kier alpha value is -1.71. The molecule has 0 radical (unpaired) electrons. The Balaban J connectivity index is 3.08. The molecule has 25 heavy (non-hydrogen) atoms. The molecule has 0 aliphatic carbocycles. The molecule has 1 saturated heterocycles. The van der Waals surface area contributed by atoms with Crippen LogP contribution < -0.4 is 5.32 Å². The summed E-state index contributed by atoms with van der Waals surface area (Å²) < 4.78 is 15.9. The first-order chi connectivity index (χ1) is 11.8. The quantitative estimate of drug-likeness (QED) is 0.499. The van der Waals surface area contributed by atoms with E-state index in [0.29, 0.717) is 12.8 Å². The third-order valence-electron chi connectivity index (χ3n) is 3.66. The molecule has 0 saturated carbocycles. The fraction of sp³-hybridized carbons (Fsp3) is 0.812. The summed E-state index contributed by atoms with van der Waals surface area (Å²) in [5.74, 6) is -1.60. The molecular weight excluding hydrogens is 334 g/mol. The fourth-order valence-electron chi connectivity index (χ4n) is 2.57. The van der Waals surface area contributed by atoms with Crippen LogP contribution in [0.25, 0.3) is 0 Å². The summed E-state index contributed by atoms with van der Waals surface area (Å²) in [6.45, 7) is 4.26. The summed E-state index contributed by atoms with van der Waals surface area (Å²) in [6, 6.07) is -1.12. The molecule has 1 fully saturated rings. The minimum Gasteiger partial charge on any atom is -0.456 e. The summed E-state index contributed by atoms with van der Waals surface area (Å²) in [4.78, 5) is 35.3. The van der Waals surface area contributed by atoms with E-state index in [1.807, 2.05) is 0 Å². The van der Waals surface area contributed by atoms with Gasteiger partial charge in [0.1, 0.15) is 12.1 Å². The van der Waals surface area contributed by atoms with Gasteiger partial charge < -0.3 is 29.7 Å². The first-order valence-electron chi connectivity index (χ1n) is 8.44. The van der Waals surface area contributed by atoms with Crippen molar-refractivity contribution in [2.24, 2.45) is 0 Å². The van der Waals surface area contributed by atoms with Crippen LogP contribution in [0.5, 0.6) is 0 Å². The normalized spacial score (nSPS) is 28.9. The molecule has 1 rings (SSSR count). The number of hydrogen-bond donors (Lipinski definition) is 3. The molecule has 1 amide bonds. The second kappa shape index (κ2) is 10.3. The van der Waals surface area contributed by atoms with Crippen LogP contribution >= 0.6 is 0 Å². The van der Waals surface area contributed by atoms with Gasteiger partial charge in [0.2, 0.25) is 5.91 Å². The maximum atomic E-state index is 11.9. The van der Waals surface area contributed by atoms with Crippen molar-refractivity contribution in [2.75, 3.05) is 6.61 Å². The van der Waals surface area contributed by atoms with Crippen LogP contribution in [0.3, 0.4) is 0 Å². The van der Waals surface area contributed by atoms with Gasteiger partial charge >= 0.3 is 11.9 Å². The van der Waals surface area contributed by atoms with Gasteiger partial charge in [0.25, 0.3) is 0 Å². The average Bonchev–Trinajstić information content (AvgIpc) is 2.53. The highest BCUT2D eigenvalue weighted by molar-refractivity contribution is 5.74. The predicted molar refractivity (Wildman–Crippen MR) is 85.1 cm³/mol. The Kier molecular flexibility index (Phi) is 8.81. The van der Waals surface area contributed by atoms with Gasteiger partial charge in [-0.25, -0.2) is 0 Å². The number of aliphatic hydroxyl groups excluding tert-OH is 2. The van der Waals surface area contributed by atoms with E-state index in [0.717, 1.165) is 0 Å². The highest BCUT2D eigenvalue weighted by Crippen LogP contribution is 2.26. The number of ether oxygens (including phenoxy) is 3. The topological polar surface area (TPSA) is 131 Å². The molecule has 0 bridgehead atoms. The minimum atomic E-state index is -1.53. The molecule has 144 valence electrons. The summed E-state index contributed by atoms with van der Waals surface area (Å²) in [7, 11) is 0. The lowest BCUT2D eigenvalue weighted by Gasteiger charge is -2.43. The van der Waals surface area contributed by atoms with Gasteiger partial charge in [0.05, 0.1) is 6.61 Å². The van der Waals surface area contributed by atoms with Crippen molar-refractivity contribution in [1.29, 1.82) is 0 Å². The van der Waals surface area contributed by atoms with Gasteiger partial charge in [-0.1, -0.05) is 13.8 Å². The van der Waals surface area contributed by atoms with E-state index in [9.17, 15) is 24.6 Å². The van der Waals surface area contributed by atoms with E-state index < -0.39 is 55.1 Å². The monoisotopic (exact) mass is 361 g/mol. The van der Waals surface area contributed by atoms with Crippen LogP contribution in [0.2, 0.25) is 0 Å². The second-order valence-corrected chi connectivity index (χ2v) is 5.88. The lowest BCUT2D eigenvalue weighted by Crippen LogP contribution is -2.66. The molecule has 0 aromatic rings. The van der Waals surface area contributed by atoms with Crippen LogP contribution in [0.4, 0.5) is 0 Å². The van der Waals surface area contributed by atoms with E-state index in [2.05, 4.69) is 5.32 Å².